The monoisotopic (exact) mass is 426 g/mol. The van der Waals surface area contributed by atoms with Crippen LogP contribution in [0.3, 0.4) is 0 Å². The summed E-state index contributed by atoms with van der Waals surface area (Å²) in [7, 11) is 0. The van der Waals surface area contributed by atoms with Crippen LogP contribution in [0, 0.1) is 0 Å². The lowest BCUT2D eigenvalue weighted by atomic mass is 9.94. The molecule has 1 heterocycles. The van der Waals surface area contributed by atoms with Crippen molar-refractivity contribution in [2.45, 2.75) is 45.1 Å². The first-order valence-electron chi connectivity index (χ1n) is 8.95. The number of hydrogen-bond donors (Lipinski definition) is 1. The van der Waals surface area contributed by atoms with Gasteiger partial charge in [0.15, 0.2) is 0 Å². The van der Waals surface area contributed by atoms with Crippen LogP contribution in [-0.4, -0.2) is 49.3 Å². The number of carbonyl (C=O) groups excluding carboxylic acids is 2. The molecule has 1 N–H and O–H groups in total. The number of para-hydroxylation sites is 1. The summed E-state index contributed by atoms with van der Waals surface area (Å²) >= 11 is 12.3. The smallest absolute Gasteiger partial charge is 0.339 e. The van der Waals surface area contributed by atoms with Gasteiger partial charge in [0.05, 0.1) is 16.7 Å². The van der Waals surface area contributed by atoms with Gasteiger partial charge in [-0.2, -0.15) is 4.68 Å². The minimum Gasteiger partial charge on any atom is -0.339 e. The largest absolute Gasteiger partial charge is 0.377 e. The summed E-state index contributed by atoms with van der Waals surface area (Å²) in [6, 6.07) is 4.00. The third-order valence-electron chi connectivity index (χ3n) is 4.67. The van der Waals surface area contributed by atoms with Crippen LogP contribution in [0.1, 0.15) is 39.0 Å². The van der Waals surface area contributed by atoms with Gasteiger partial charge in [-0.25, -0.2) is 9.59 Å². The second kappa shape index (κ2) is 8.74. The molecule has 0 spiro atoms. The number of nitrogens with zero attached hydrogens (tertiary/aromatic N) is 5. The predicted molar refractivity (Wildman–Crippen MR) is 104 cm³/mol. The molecule has 9 nitrogen and oxygen atoms in total. The van der Waals surface area contributed by atoms with Crippen molar-refractivity contribution in [3.63, 3.8) is 0 Å². The lowest BCUT2D eigenvalue weighted by molar-refractivity contribution is -0.119. The molecule has 1 aromatic carbocycles. The summed E-state index contributed by atoms with van der Waals surface area (Å²) in [6.07, 6.45) is 4.64. The minimum absolute atomic E-state index is 0.00895. The maximum atomic E-state index is 13.0. The first kappa shape index (κ1) is 20.3. The summed E-state index contributed by atoms with van der Waals surface area (Å²) in [5.41, 5.74) is -0.635. The number of tetrazole rings is 1. The van der Waals surface area contributed by atoms with Gasteiger partial charge in [-0.3, -0.25) is 4.79 Å². The normalized spacial score (nSPS) is 14.7. The number of carbonyl (C=O) groups is 2. The highest BCUT2D eigenvalue weighted by Gasteiger charge is 2.29. The van der Waals surface area contributed by atoms with E-state index in [1.54, 1.807) is 18.2 Å². The molecule has 0 aliphatic heterocycles. The Bertz CT molecular complexity index is 915. The van der Waals surface area contributed by atoms with Crippen molar-refractivity contribution < 1.29 is 9.59 Å². The fourth-order valence-corrected chi connectivity index (χ4v) is 3.82. The van der Waals surface area contributed by atoms with Crippen molar-refractivity contribution in [2.75, 3.05) is 6.67 Å². The summed E-state index contributed by atoms with van der Waals surface area (Å²) in [6.45, 7) is 1.36. The molecule has 150 valence electrons. The van der Waals surface area contributed by atoms with Crippen molar-refractivity contribution in [2.24, 2.45) is 0 Å². The molecule has 28 heavy (non-hydrogen) atoms. The van der Waals surface area contributed by atoms with Crippen LogP contribution >= 0.6 is 23.2 Å². The van der Waals surface area contributed by atoms with Gasteiger partial charge in [0.2, 0.25) is 5.91 Å². The van der Waals surface area contributed by atoms with Crippen molar-refractivity contribution >= 4 is 35.1 Å². The molecule has 0 radical (unpaired) electrons. The highest BCUT2D eigenvalue weighted by Crippen LogP contribution is 2.26. The molecule has 0 atom stereocenters. The van der Waals surface area contributed by atoms with Gasteiger partial charge in [-0.1, -0.05) is 48.5 Å². The fourth-order valence-electron chi connectivity index (χ4n) is 3.26. The molecular formula is C17H20Cl2N6O3. The van der Waals surface area contributed by atoms with E-state index in [4.69, 9.17) is 23.2 Å². The van der Waals surface area contributed by atoms with Gasteiger partial charge in [0, 0.05) is 13.0 Å². The van der Waals surface area contributed by atoms with Gasteiger partial charge in [0.25, 0.3) is 0 Å². The SMILES string of the molecule is CC(=O)NCN(C(=O)n1nnn(-c2c(Cl)cccc2Cl)c1=O)C1CCCCC1. The van der Waals surface area contributed by atoms with Crippen LogP contribution in [0.2, 0.25) is 10.0 Å². The van der Waals surface area contributed by atoms with E-state index < -0.39 is 11.7 Å². The Morgan fingerprint density at radius 2 is 1.82 bits per heavy atom. The topological polar surface area (TPSA) is 102 Å². The van der Waals surface area contributed by atoms with Crippen LogP contribution in [0.5, 0.6) is 0 Å². The number of amides is 2. The van der Waals surface area contributed by atoms with E-state index in [-0.39, 0.29) is 34.4 Å². The Hall–Kier alpha value is -2.39. The third-order valence-corrected chi connectivity index (χ3v) is 5.28. The molecule has 1 saturated carbocycles. The van der Waals surface area contributed by atoms with Crippen LogP contribution < -0.4 is 11.0 Å². The number of aromatic nitrogens is 4. The molecule has 2 aromatic rings. The van der Waals surface area contributed by atoms with Crippen molar-refractivity contribution in [1.29, 1.82) is 0 Å². The fraction of sp³-hybridized carbons (Fsp3) is 0.471. The van der Waals surface area contributed by atoms with E-state index in [2.05, 4.69) is 15.7 Å². The second-order valence-electron chi connectivity index (χ2n) is 6.59. The summed E-state index contributed by atoms with van der Waals surface area (Å²) in [4.78, 5) is 38.6. The zero-order valence-electron chi connectivity index (χ0n) is 15.3. The first-order chi connectivity index (χ1) is 13.4. The van der Waals surface area contributed by atoms with Gasteiger partial charge in [-0.05, 0) is 35.4 Å². The lowest BCUT2D eigenvalue weighted by Gasteiger charge is -2.33. The Morgan fingerprint density at radius 1 is 1.18 bits per heavy atom. The number of hydrogen-bond acceptors (Lipinski definition) is 5. The molecular weight excluding hydrogens is 407 g/mol. The standard InChI is InChI=1S/C17H20Cl2N6O3/c1-11(26)20-10-23(12-6-3-2-4-7-12)16(27)25-17(28)24(21-22-25)15-13(18)8-5-9-14(15)19/h5,8-9,12H,2-4,6-7,10H2,1H3,(H,20,26). The zero-order chi connectivity index (χ0) is 20.3. The molecule has 3 rings (SSSR count). The molecule has 2 amide bonds. The van der Waals surface area contributed by atoms with E-state index in [1.165, 1.54) is 11.8 Å². The van der Waals surface area contributed by atoms with E-state index in [9.17, 15) is 14.4 Å². The zero-order valence-corrected chi connectivity index (χ0v) is 16.8. The maximum absolute atomic E-state index is 13.0. The first-order valence-corrected chi connectivity index (χ1v) is 9.70. The molecule has 0 saturated heterocycles. The van der Waals surface area contributed by atoms with Gasteiger partial charge >= 0.3 is 11.7 Å². The van der Waals surface area contributed by atoms with Gasteiger partial charge < -0.3 is 10.2 Å². The van der Waals surface area contributed by atoms with Crippen LogP contribution in [0.4, 0.5) is 4.79 Å². The molecule has 1 aliphatic rings. The summed E-state index contributed by atoms with van der Waals surface area (Å²) in [5.74, 6) is -0.271. The molecule has 1 aromatic heterocycles. The average Bonchev–Trinajstić information content (AvgIpc) is 3.03. The van der Waals surface area contributed by atoms with Gasteiger partial charge in [0.1, 0.15) is 5.69 Å². The van der Waals surface area contributed by atoms with E-state index in [0.29, 0.717) is 4.68 Å². The van der Waals surface area contributed by atoms with Crippen molar-refractivity contribution in [3.05, 3.63) is 38.7 Å². The highest BCUT2D eigenvalue weighted by molar-refractivity contribution is 6.37. The number of halogens is 2. The maximum Gasteiger partial charge on any atom is 0.377 e. The van der Waals surface area contributed by atoms with E-state index in [1.807, 2.05) is 0 Å². The Labute approximate surface area is 171 Å². The molecule has 1 aliphatic carbocycles. The number of nitrogens with one attached hydrogen (secondary N) is 1. The Balaban J connectivity index is 1.94. The number of benzene rings is 1. The predicted octanol–water partition coefficient (Wildman–Crippen LogP) is 2.43. The van der Waals surface area contributed by atoms with E-state index in [0.717, 1.165) is 36.8 Å². The third kappa shape index (κ3) is 4.20. The highest BCUT2D eigenvalue weighted by atomic mass is 35.5. The van der Waals surface area contributed by atoms with Crippen molar-refractivity contribution in [1.82, 2.24) is 30.0 Å². The van der Waals surface area contributed by atoms with Gasteiger partial charge in [-0.15, -0.1) is 4.68 Å². The summed E-state index contributed by atoms with van der Waals surface area (Å²) < 4.78 is 1.55. The van der Waals surface area contributed by atoms with Crippen LogP contribution in [0.15, 0.2) is 23.0 Å². The molecule has 11 heteroatoms. The molecule has 1 fully saturated rings. The Kier molecular flexibility index (Phi) is 6.35. The van der Waals surface area contributed by atoms with E-state index >= 15 is 0 Å². The Morgan fingerprint density at radius 3 is 2.43 bits per heavy atom. The summed E-state index contributed by atoms with van der Waals surface area (Å²) in [5, 5.41) is 10.5. The van der Waals surface area contributed by atoms with Crippen LogP contribution in [-0.2, 0) is 4.79 Å². The average molecular weight is 427 g/mol. The van der Waals surface area contributed by atoms with Crippen molar-refractivity contribution in [3.8, 4) is 5.69 Å². The lowest BCUT2D eigenvalue weighted by Crippen LogP contribution is -2.51. The number of rotatable bonds is 4. The van der Waals surface area contributed by atoms with Crippen LogP contribution in [0.25, 0.3) is 5.69 Å². The molecule has 0 unspecified atom stereocenters. The second-order valence-corrected chi connectivity index (χ2v) is 7.41. The minimum atomic E-state index is -0.788. The quantitative estimate of drug-likeness (QED) is 0.597. The molecule has 0 bridgehead atoms.